The van der Waals surface area contributed by atoms with Crippen LogP contribution in [0.4, 0.5) is 0 Å². The summed E-state index contributed by atoms with van der Waals surface area (Å²) in [7, 11) is 1.80. The van der Waals surface area contributed by atoms with Crippen molar-refractivity contribution in [2.24, 2.45) is 0 Å². The highest BCUT2D eigenvalue weighted by Gasteiger charge is 2.36. The van der Waals surface area contributed by atoms with Gasteiger partial charge in [-0.25, -0.2) is 0 Å². The fraction of sp³-hybridized carbons (Fsp3) is 1.00. The van der Waals surface area contributed by atoms with E-state index in [4.69, 9.17) is 9.47 Å². The third kappa shape index (κ3) is 3.19. The molecule has 0 aromatic heterocycles. The van der Waals surface area contributed by atoms with E-state index in [1.54, 1.807) is 7.11 Å². The summed E-state index contributed by atoms with van der Waals surface area (Å²) >= 11 is 0. The van der Waals surface area contributed by atoms with Gasteiger partial charge in [0.05, 0.1) is 6.61 Å². The van der Waals surface area contributed by atoms with E-state index in [0.29, 0.717) is 12.1 Å². The summed E-state index contributed by atoms with van der Waals surface area (Å²) in [5.41, 5.74) is -0.0781. The second-order valence-electron chi connectivity index (χ2n) is 5.64. The van der Waals surface area contributed by atoms with Crippen molar-refractivity contribution in [3.8, 4) is 0 Å². The summed E-state index contributed by atoms with van der Waals surface area (Å²) in [6, 6.07) is 1.28. The number of hydrogen-bond acceptors (Lipinski definition) is 4. The first-order valence-corrected chi connectivity index (χ1v) is 6.75. The van der Waals surface area contributed by atoms with E-state index in [-0.39, 0.29) is 5.60 Å². The smallest absolute Gasteiger partial charge is 0.106 e. The molecule has 0 saturated carbocycles. The van der Waals surface area contributed by atoms with Crippen LogP contribution in [0.2, 0.25) is 0 Å². The quantitative estimate of drug-likeness (QED) is 0.775. The van der Waals surface area contributed by atoms with Gasteiger partial charge in [0, 0.05) is 45.3 Å². The lowest BCUT2D eigenvalue weighted by Gasteiger charge is -2.28. The van der Waals surface area contributed by atoms with E-state index in [9.17, 15) is 0 Å². The first kappa shape index (κ1) is 13.3. The Labute approximate surface area is 105 Å². The van der Waals surface area contributed by atoms with Crippen LogP contribution in [0.5, 0.6) is 0 Å². The molecule has 0 radical (unpaired) electrons. The molecule has 0 bridgehead atoms. The van der Waals surface area contributed by atoms with Crippen LogP contribution in [0.1, 0.15) is 26.7 Å². The number of likely N-dealkylation sites (tertiary alicyclic amines) is 1. The molecule has 4 heteroatoms. The molecule has 2 unspecified atom stereocenters. The molecule has 0 amide bonds. The molecular formula is C13H26N2O2. The van der Waals surface area contributed by atoms with Crippen molar-refractivity contribution < 1.29 is 9.47 Å². The standard InChI is InChI=1S/C13H26N2O2/c1-11(2)15-6-4-12(8-15)14-9-13(16-3)5-7-17-10-13/h11-12,14H,4-10H2,1-3H3. The number of nitrogens with zero attached hydrogens (tertiary/aromatic N) is 1. The highest BCUT2D eigenvalue weighted by atomic mass is 16.5. The lowest BCUT2D eigenvalue weighted by molar-refractivity contribution is -0.0173. The number of nitrogens with one attached hydrogen (secondary N) is 1. The van der Waals surface area contributed by atoms with Crippen LogP contribution in [0.25, 0.3) is 0 Å². The Morgan fingerprint density at radius 3 is 2.88 bits per heavy atom. The predicted molar refractivity (Wildman–Crippen MR) is 68.3 cm³/mol. The topological polar surface area (TPSA) is 33.7 Å². The minimum Gasteiger partial charge on any atom is -0.378 e. The minimum atomic E-state index is -0.0781. The Morgan fingerprint density at radius 2 is 2.35 bits per heavy atom. The zero-order valence-electron chi connectivity index (χ0n) is 11.4. The SMILES string of the molecule is COC1(CNC2CCN(C(C)C)C2)CCOC1. The van der Waals surface area contributed by atoms with E-state index in [1.165, 1.54) is 13.0 Å². The molecule has 1 N–H and O–H groups in total. The average molecular weight is 242 g/mol. The summed E-state index contributed by atoms with van der Waals surface area (Å²) in [5.74, 6) is 0. The molecule has 2 atom stereocenters. The number of methoxy groups -OCH3 is 1. The van der Waals surface area contributed by atoms with Crippen molar-refractivity contribution in [3.63, 3.8) is 0 Å². The van der Waals surface area contributed by atoms with Crippen molar-refractivity contribution in [2.75, 3.05) is 40.0 Å². The first-order valence-electron chi connectivity index (χ1n) is 6.75. The number of hydrogen-bond donors (Lipinski definition) is 1. The zero-order chi connectivity index (χ0) is 12.3. The molecule has 2 fully saturated rings. The van der Waals surface area contributed by atoms with Crippen molar-refractivity contribution in [1.82, 2.24) is 10.2 Å². The molecule has 2 heterocycles. The van der Waals surface area contributed by atoms with Gasteiger partial charge in [-0.1, -0.05) is 0 Å². The maximum Gasteiger partial charge on any atom is 0.106 e. The van der Waals surface area contributed by atoms with Gasteiger partial charge in [-0.15, -0.1) is 0 Å². The number of rotatable bonds is 5. The highest BCUT2D eigenvalue weighted by molar-refractivity contribution is 4.90. The predicted octanol–water partition coefficient (Wildman–Crippen LogP) is 0.864. The van der Waals surface area contributed by atoms with Gasteiger partial charge in [0.2, 0.25) is 0 Å². The second kappa shape index (κ2) is 5.65. The maximum absolute atomic E-state index is 5.63. The van der Waals surface area contributed by atoms with Gasteiger partial charge < -0.3 is 14.8 Å². The Morgan fingerprint density at radius 1 is 1.53 bits per heavy atom. The monoisotopic (exact) mass is 242 g/mol. The molecule has 0 aliphatic carbocycles. The molecule has 0 spiro atoms. The molecule has 2 saturated heterocycles. The first-order chi connectivity index (χ1) is 8.15. The molecule has 0 aromatic carbocycles. The van der Waals surface area contributed by atoms with Gasteiger partial charge in [-0.3, -0.25) is 4.90 Å². The Kier molecular flexibility index (Phi) is 4.42. The van der Waals surface area contributed by atoms with E-state index >= 15 is 0 Å². The van der Waals surface area contributed by atoms with Gasteiger partial charge >= 0.3 is 0 Å². The van der Waals surface area contributed by atoms with Crippen LogP contribution in [0.15, 0.2) is 0 Å². The Balaban J connectivity index is 1.75. The average Bonchev–Trinajstić information content (AvgIpc) is 2.96. The van der Waals surface area contributed by atoms with E-state index in [1.807, 2.05) is 0 Å². The van der Waals surface area contributed by atoms with Crippen LogP contribution >= 0.6 is 0 Å². The van der Waals surface area contributed by atoms with Gasteiger partial charge in [0.25, 0.3) is 0 Å². The highest BCUT2D eigenvalue weighted by Crippen LogP contribution is 2.22. The Hall–Kier alpha value is -0.160. The summed E-state index contributed by atoms with van der Waals surface area (Å²) in [6.07, 6.45) is 2.26. The summed E-state index contributed by atoms with van der Waals surface area (Å²) in [4.78, 5) is 2.53. The lowest BCUT2D eigenvalue weighted by Crippen LogP contribution is -2.47. The van der Waals surface area contributed by atoms with Crippen LogP contribution < -0.4 is 5.32 Å². The Bertz CT molecular complexity index is 240. The molecule has 2 rings (SSSR count). The van der Waals surface area contributed by atoms with Crippen LogP contribution in [-0.2, 0) is 9.47 Å². The largest absolute Gasteiger partial charge is 0.378 e. The van der Waals surface area contributed by atoms with Crippen molar-refractivity contribution in [3.05, 3.63) is 0 Å². The third-order valence-corrected chi connectivity index (χ3v) is 4.16. The summed E-state index contributed by atoms with van der Waals surface area (Å²) < 4.78 is 11.1. The van der Waals surface area contributed by atoms with Gasteiger partial charge in [0.15, 0.2) is 0 Å². The van der Waals surface area contributed by atoms with Crippen molar-refractivity contribution >= 4 is 0 Å². The van der Waals surface area contributed by atoms with Gasteiger partial charge in [-0.05, 0) is 26.8 Å². The molecule has 2 aliphatic heterocycles. The van der Waals surface area contributed by atoms with Crippen LogP contribution in [0.3, 0.4) is 0 Å². The molecule has 100 valence electrons. The molecular weight excluding hydrogens is 216 g/mol. The molecule has 4 nitrogen and oxygen atoms in total. The number of ether oxygens (including phenoxy) is 2. The van der Waals surface area contributed by atoms with Crippen LogP contribution in [0, 0.1) is 0 Å². The van der Waals surface area contributed by atoms with Crippen molar-refractivity contribution in [1.29, 1.82) is 0 Å². The van der Waals surface area contributed by atoms with Crippen molar-refractivity contribution in [2.45, 2.75) is 44.4 Å². The summed E-state index contributed by atoms with van der Waals surface area (Å²) in [5, 5.41) is 3.65. The molecule has 2 aliphatic rings. The fourth-order valence-electron chi connectivity index (χ4n) is 2.71. The third-order valence-electron chi connectivity index (χ3n) is 4.16. The lowest BCUT2D eigenvalue weighted by atomic mass is 10.0. The minimum absolute atomic E-state index is 0.0781. The normalized spacial score (nSPS) is 34.9. The summed E-state index contributed by atoms with van der Waals surface area (Å²) in [6.45, 7) is 9.40. The van der Waals surface area contributed by atoms with E-state index in [2.05, 4.69) is 24.1 Å². The van der Waals surface area contributed by atoms with Crippen LogP contribution in [-0.4, -0.2) is 62.5 Å². The van der Waals surface area contributed by atoms with Gasteiger partial charge in [-0.2, -0.15) is 0 Å². The van der Waals surface area contributed by atoms with Gasteiger partial charge in [0.1, 0.15) is 5.60 Å². The maximum atomic E-state index is 5.63. The van der Waals surface area contributed by atoms with E-state index in [0.717, 1.165) is 32.7 Å². The second-order valence-corrected chi connectivity index (χ2v) is 5.64. The zero-order valence-corrected chi connectivity index (χ0v) is 11.4. The molecule has 0 aromatic rings. The van der Waals surface area contributed by atoms with E-state index < -0.39 is 0 Å². The fourth-order valence-corrected chi connectivity index (χ4v) is 2.71. The molecule has 17 heavy (non-hydrogen) atoms.